The molecule has 0 radical (unpaired) electrons. The summed E-state index contributed by atoms with van der Waals surface area (Å²) in [5, 5.41) is 3.84. The van der Waals surface area contributed by atoms with Crippen molar-refractivity contribution in [1.29, 1.82) is 0 Å². The van der Waals surface area contributed by atoms with Gasteiger partial charge in [0.25, 0.3) is 0 Å². The Labute approximate surface area is 130 Å². The largest absolute Gasteiger partial charge is 0.310 e. The average molecular weight is 285 g/mol. The van der Waals surface area contributed by atoms with Gasteiger partial charge in [0, 0.05) is 6.04 Å². The van der Waals surface area contributed by atoms with Gasteiger partial charge in [-0.15, -0.1) is 0 Å². The van der Waals surface area contributed by atoms with Crippen molar-refractivity contribution in [2.75, 3.05) is 6.54 Å². The van der Waals surface area contributed by atoms with Crippen LogP contribution in [0.2, 0.25) is 0 Å². The van der Waals surface area contributed by atoms with E-state index in [1.54, 1.807) is 5.56 Å². The van der Waals surface area contributed by atoms with Gasteiger partial charge in [-0.2, -0.15) is 0 Å². The van der Waals surface area contributed by atoms with Crippen LogP contribution in [0.25, 0.3) is 0 Å². The molecule has 1 aromatic carbocycles. The van der Waals surface area contributed by atoms with E-state index in [0.29, 0.717) is 6.04 Å². The van der Waals surface area contributed by atoms with E-state index in [9.17, 15) is 0 Å². The molecular formula is C20H31N. The van der Waals surface area contributed by atoms with Crippen molar-refractivity contribution in [1.82, 2.24) is 5.32 Å². The Morgan fingerprint density at radius 1 is 1.19 bits per heavy atom. The fourth-order valence-corrected chi connectivity index (χ4v) is 4.74. The number of fused-ring (bicyclic) bond motifs is 2. The first kappa shape index (κ1) is 15.1. The predicted octanol–water partition coefficient (Wildman–Crippen LogP) is 5.17. The van der Waals surface area contributed by atoms with E-state index in [4.69, 9.17) is 0 Å². The second-order valence-corrected chi connectivity index (χ2v) is 7.54. The van der Waals surface area contributed by atoms with Gasteiger partial charge in [0.05, 0.1) is 0 Å². The van der Waals surface area contributed by atoms with Crippen LogP contribution in [0.15, 0.2) is 18.2 Å². The van der Waals surface area contributed by atoms with E-state index in [1.165, 1.54) is 49.7 Å². The Balaban J connectivity index is 1.75. The van der Waals surface area contributed by atoms with Crippen molar-refractivity contribution in [2.45, 2.75) is 65.3 Å². The fourth-order valence-electron chi connectivity index (χ4n) is 4.74. The monoisotopic (exact) mass is 285 g/mol. The minimum absolute atomic E-state index is 0.564. The molecule has 2 aliphatic carbocycles. The second-order valence-electron chi connectivity index (χ2n) is 7.54. The lowest BCUT2D eigenvalue weighted by Crippen LogP contribution is -2.27. The molecule has 4 unspecified atom stereocenters. The smallest absolute Gasteiger partial charge is 0.0325 e. The van der Waals surface area contributed by atoms with Gasteiger partial charge in [-0.05, 0) is 81.4 Å². The number of nitrogens with one attached hydrogen (secondary N) is 1. The van der Waals surface area contributed by atoms with Crippen LogP contribution in [0.3, 0.4) is 0 Å². The summed E-state index contributed by atoms with van der Waals surface area (Å²) in [4.78, 5) is 0. The van der Waals surface area contributed by atoms with E-state index in [-0.39, 0.29) is 0 Å². The number of hydrogen-bond donors (Lipinski definition) is 1. The molecule has 2 aliphatic rings. The zero-order valence-electron chi connectivity index (χ0n) is 14.0. The Morgan fingerprint density at radius 2 is 2.05 bits per heavy atom. The predicted molar refractivity (Wildman–Crippen MR) is 90.5 cm³/mol. The molecule has 2 fully saturated rings. The second kappa shape index (κ2) is 6.52. The first-order valence-electron chi connectivity index (χ1n) is 8.98. The summed E-state index contributed by atoms with van der Waals surface area (Å²) >= 11 is 0. The van der Waals surface area contributed by atoms with Crippen LogP contribution in [0, 0.1) is 31.6 Å². The molecule has 21 heavy (non-hydrogen) atoms. The highest BCUT2D eigenvalue weighted by atomic mass is 14.9. The highest BCUT2D eigenvalue weighted by molar-refractivity contribution is 5.33. The Hall–Kier alpha value is -0.820. The number of benzene rings is 1. The minimum atomic E-state index is 0.564. The quantitative estimate of drug-likeness (QED) is 0.760. The molecule has 0 saturated heterocycles. The van der Waals surface area contributed by atoms with Gasteiger partial charge in [-0.3, -0.25) is 0 Å². The van der Waals surface area contributed by atoms with Crippen LogP contribution >= 0.6 is 0 Å². The molecule has 0 spiro atoms. The summed E-state index contributed by atoms with van der Waals surface area (Å²) in [6.45, 7) is 7.90. The van der Waals surface area contributed by atoms with Crippen molar-refractivity contribution < 1.29 is 0 Å². The molecule has 0 heterocycles. The molecule has 1 nitrogen and oxygen atoms in total. The average Bonchev–Trinajstić information content (AvgIpc) is 3.08. The molecule has 0 amide bonds. The fraction of sp³-hybridized carbons (Fsp3) is 0.700. The zero-order valence-corrected chi connectivity index (χ0v) is 14.0. The van der Waals surface area contributed by atoms with Crippen LogP contribution < -0.4 is 5.32 Å². The molecule has 2 saturated carbocycles. The van der Waals surface area contributed by atoms with Crippen LogP contribution in [0.5, 0.6) is 0 Å². The standard InChI is InChI=1S/C20H31N/c1-4-9-21-20(19-10-14(2)5-6-15(19)3)13-18-12-16-7-8-17(18)11-16/h5-6,10,16-18,20-21H,4,7-9,11-13H2,1-3H3. The van der Waals surface area contributed by atoms with Gasteiger partial charge >= 0.3 is 0 Å². The van der Waals surface area contributed by atoms with Crippen molar-refractivity contribution in [3.8, 4) is 0 Å². The molecule has 2 bridgehead atoms. The van der Waals surface area contributed by atoms with E-state index in [2.05, 4.69) is 44.3 Å². The molecule has 3 rings (SSSR count). The molecule has 4 atom stereocenters. The first-order valence-corrected chi connectivity index (χ1v) is 8.98. The summed E-state index contributed by atoms with van der Waals surface area (Å²) in [6.07, 6.45) is 8.61. The summed E-state index contributed by atoms with van der Waals surface area (Å²) in [7, 11) is 0. The highest BCUT2D eigenvalue weighted by Gasteiger charge is 2.40. The van der Waals surface area contributed by atoms with Crippen LogP contribution in [-0.2, 0) is 0 Å². The molecule has 1 N–H and O–H groups in total. The third kappa shape index (κ3) is 3.34. The maximum atomic E-state index is 3.84. The Morgan fingerprint density at radius 3 is 2.71 bits per heavy atom. The molecule has 0 aliphatic heterocycles. The molecule has 1 heteroatoms. The van der Waals surface area contributed by atoms with Gasteiger partial charge in [0.15, 0.2) is 0 Å². The summed E-state index contributed by atoms with van der Waals surface area (Å²) in [5.74, 6) is 3.06. The zero-order chi connectivity index (χ0) is 14.8. The Bertz CT molecular complexity index is 479. The molecule has 116 valence electrons. The van der Waals surface area contributed by atoms with Gasteiger partial charge < -0.3 is 5.32 Å². The van der Waals surface area contributed by atoms with E-state index in [0.717, 1.165) is 24.3 Å². The lowest BCUT2D eigenvalue weighted by Gasteiger charge is -2.29. The van der Waals surface area contributed by atoms with E-state index >= 15 is 0 Å². The van der Waals surface area contributed by atoms with Crippen LogP contribution in [0.4, 0.5) is 0 Å². The normalized spacial score (nSPS) is 29.0. The van der Waals surface area contributed by atoms with Crippen molar-refractivity contribution in [3.63, 3.8) is 0 Å². The minimum Gasteiger partial charge on any atom is -0.310 e. The summed E-state index contributed by atoms with van der Waals surface area (Å²) in [6, 6.07) is 7.52. The first-order chi connectivity index (χ1) is 10.2. The maximum Gasteiger partial charge on any atom is 0.0325 e. The number of rotatable bonds is 6. The molecular weight excluding hydrogens is 254 g/mol. The van der Waals surface area contributed by atoms with Crippen molar-refractivity contribution in [2.24, 2.45) is 17.8 Å². The third-order valence-corrected chi connectivity index (χ3v) is 5.87. The molecule has 0 aromatic heterocycles. The lowest BCUT2D eigenvalue weighted by molar-refractivity contribution is 0.279. The maximum absolute atomic E-state index is 3.84. The number of hydrogen-bond acceptors (Lipinski definition) is 1. The van der Waals surface area contributed by atoms with Gasteiger partial charge in [-0.1, -0.05) is 37.1 Å². The highest BCUT2D eigenvalue weighted by Crippen LogP contribution is 2.51. The van der Waals surface area contributed by atoms with Crippen LogP contribution in [-0.4, -0.2) is 6.54 Å². The topological polar surface area (TPSA) is 12.0 Å². The SMILES string of the molecule is CCCNC(CC1CC2CCC1C2)c1cc(C)ccc1C. The van der Waals surface area contributed by atoms with Crippen molar-refractivity contribution in [3.05, 3.63) is 34.9 Å². The lowest BCUT2D eigenvalue weighted by atomic mass is 9.82. The third-order valence-electron chi connectivity index (χ3n) is 5.87. The van der Waals surface area contributed by atoms with Crippen LogP contribution in [0.1, 0.15) is 68.2 Å². The van der Waals surface area contributed by atoms with Crippen molar-refractivity contribution >= 4 is 0 Å². The van der Waals surface area contributed by atoms with E-state index in [1.807, 2.05) is 0 Å². The van der Waals surface area contributed by atoms with Gasteiger partial charge in [0.2, 0.25) is 0 Å². The Kier molecular flexibility index (Phi) is 4.69. The summed E-state index contributed by atoms with van der Waals surface area (Å²) < 4.78 is 0. The number of aryl methyl sites for hydroxylation is 2. The van der Waals surface area contributed by atoms with Gasteiger partial charge in [-0.25, -0.2) is 0 Å². The van der Waals surface area contributed by atoms with E-state index < -0.39 is 0 Å². The van der Waals surface area contributed by atoms with Gasteiger partial charge in [0.1, 0.15) is 0 Å². The molecule has 1 aromatic rings. The summed E-state index contributed by atoms with van der Waals surface area (Å²) in [5.41, 5.74) is 4.40.